The largest absolute Gasteiger partial charge is 0.465 e. The van der Waals surface area contributed by atoms with Crippen LogP contribution in [-0.2, 0) is 14.3 Å². The Morgan fingerprint density at radius 1 is 1.16 bits per heavy atom. The summed E-state index contributed by atoms with van der Waals surface area (Å²) in [5.41, 5.74) is 0.647. The zero-order valence-corrected chi connectivity index (χ0v) is 11.0. The predicted molar refractivity (Wildman–Crippen MR) is 70.8 cm³/mol. The summed E-state index contributed by atoms with van der Waals surface area (Å²) < 4.78 is 4.63. The molecule has 1 aromatic carbocycles. The minimum absolute atomic E-state index is 0.284. The van der Waals surface area contributed by atoms with Gasteiger partial charge in [-0.25, -0.2) is 4.79 Å². The highest BCUT2D eigenvalue weighted by Gasteiger charge is 2.17. The maximum Gasteiger partial charge on any atom is 0.340 e. The van der Waals surface area contributed by atoms with E-state index in [9.17, 15) is 14.4 Å². The summed E-state index contributed by atoms with van der Waals surface area (Å²) in [7, 11) is 1.27. The van der Waals surface area contributed by atoms with Gasteiger partial charge in [-0.2, -0.15) is 0 Å². The average molecular weight is 261 g/mol. The van der Waals surface area contributed by atoms with Crippen LogP contribution in [0, 0.1) is 5.92 Å². The molecule has 0 aromatic heterocycles. The molecule has 0 aliphatic heterocycles. The number of carbonyl (C=O) groups excluding carboxylic acids is 3. The predicted octanol–water partition coefficient (Wildman–Crippen LogP) is 1.97. The highest BCUT2D eigenvalue weighted by molar-refractivity contribution is 6.13. The Balaban J connectivity index is 3.08. The zero-order valence-electron chi connectivity index (χ0n) is 11.0. The van der Waals surface area contributed by atoms with Crippen molar-refractivity contribution in [2.24, 2.45) is 10.9 Å². The molecule has 0 heterocycles. The van der Waals surface area contributed by atoms with Crippen molar-refractivity contribution in [3.63, 3.8) is 0 Å². The summed E-state index contributed by atoms with van der Waals surface area (Å²) in [6.45, 7) is 2.65. The van der Waals surface area contributed by atoms with E-state index in [2.05, 4.69) is 9.73 Å². The van der Waals surface area contributed by atoms with Gasteiger partial charge in [-0.3, -0.25) is 14.6 Å². The van der Waals surface area contributed by atoms with Gasteiger partial charge in [0.05, 0.1) is 18.4 Å². The van der Waals surface area contributed by atoms with Gasteiger partial charge >= 0.3 is 5.97 Å². The molecule has 0 bridgehead atoms. The third-order valence-electron chi connectivity index (χ3n) is 2.55. The van der Waals surface area contributed by atoms with Crippen molar-refractivity contribution in [1.29, 1.82) is 0 Å². The molecule has 100 valence electrons. The molecular weight excluding hydrogens is 246 g/mol. The second-order valence-electron chi connectivity index (χ2n) is 3.99. The first-order chi connectivity index (χ1) is 8.97. The number of ether oxygens (including phenoxy) is 1. The molecule has 1 rings (SSSR count). The average Bonchev–Trinajstić information content (AvgIpc) is 2.37. The first-order valence-corrected chi connectivity index (χ1v) is 5.69. The van der Waals surface area contributed by atoms with Crippen LogP contribution in [-0.4, -0.2) is 30.9 Å². The first-order valence-electron chi connectivity index (χ1n) is 5.69. The minimum atomic E-state index is -0.884. The van der Waals surface area contributed by atoms with Gasteiger partial charge in [0.15, 0.2) is 0 Å². The molecule has 0 radical (unpaired) electrons. The van der Waals surface area contributed by atoms with Crippen LogP contribution < -0.4 is 0 Å². The van der Waals surface area contributed by atoms with Crippen LogP contribution in [0.25, 0.3) is 0 Å². The molecule has 0 N–H and O–H groups in total. The molecule has 0 spiro atoms. The van der Waals surface area contributed by atoms with Crippen molar-refractivity contribution in [3.8, 4) is 0 Å². The summed E-state index contributed by atoms with van der Waals surface area (Å²) in [4.78, 5) is 38.1. The molecule has 0 aliphatic carbocycles. The molecule has 0 atom stereocenters. The number of methoxy groups -OCH3 is 1. The normalized spacial score (nSPS) is 10.7. The standard InChI is InChI=1S/C14H15NO4/c1-9(16)12(10(2)17)8-15-13-7-5-4-6-11(13)14(18)19-3/h4-8,12H,1-3H3. The second-order valence-corrected chi connectivity index (χ2v) is 3.99. The van der Waals surface area contributed by atoms with Crippen LogP contribution in [0.3, 0.4) is 0 Å². The third-order valence-corrected chi connectivity index (χ3v) is 2.55. The fourth-order valence-corrected chi connectivity index (χ4v) is 1.52. The SMILES string of the molecule is COC(=O)c1ccccc1N=CC(C(C)=O)C(C)=O. The lowest BCUT2D eigenvalue weighted by molar-refractivity contribution is -0.127. The van der Waals surface area contributed by atoms with Gasteiger partial charge in [-0.15, -0.1) is 0 Å². The number of esters is 1. The molecule has 0 saturated heterocycles. The number of aliphatic imine (C=N–C) groups is 1. The summed E-state index contributed by atoms with van der Waals surface area (Å²) in [5, 5.41) is 0. The van der Waals surface area contributed by atoms with Crippen molar-refractivity contribution in [2.45, 2.75) is 13.8 Å². The van der Waals surface area contributed by atoms with Crippen molar-refractivity contribution >= 4 is 29.4 Å². The van der Waals surface area contributed by atoms with E-state index in [-0.39, 0.29) is 17.1 Å². The fourth-order valence-electron chi connectivity index (χ4n) is 1.52. The monoisotopic (exact) mass is 261 g/mol. The van der Waals surface area contributed by atoms with E-state index < -0.39 is 11.9 Å². The van der Waals surface area contributed by atoms with Crippen LogP contribution in [0.2, 0.25) is 0 Å². The molecule has 0 fully saturated rings. The molecule has 1 aromatic rings. The van der Waals surface area contributed by atoms with Crippen molar-refractivity contribution in [2.75, 3.05) is 7.11 Å². The van der Waals surface area contributed by atoms with E-state index in [0.29, 0.717) is 5.69 Å². The lowest BCUT2D eigenvalue weighted by atomic mass is 10.0. The summed E-state index contributed by atoms with van der Waals surface area (Å²) in [6.07, 6.45) is 1.26. The molecule has 5 heteroatoms. The van der Waals surface area contributed by atoms with Crippen LogP contribution in [0.1, 0.15) is 24.2 Å². The summed E-state index contributed by atoms with van der Waals surface area (Å²) in [6, 6.07) is 6.56. The molecule has 5 nitrogen and oxygen atoms in total. The number of hydrogen-bond donors (Lipinski definition) is 0. The van der Waals surface area contributed by atoms with E-state index >= 15 is 0 Å². The van der Waals surface area contributed by atoms with E-state index in [1.807, 2.05) is 0 Å². The maximum absolute atomic E-state index is 11.5. The Kier molecular flexibility index (Phi) is 5.11. The summed E-state index contributed by atoms with van der Waals surface area (Å²) >= 11 is 0. The second kappa shape index (κ2) is 6.58. The van der Waals surface area contributed by atoms with Crippen molar-refractivity contribution < 1.29 is 19.1 Å². The molecular formula is C14H15NO4. The number of benzene rings is 1. The van der Waals surface area contributed by atoms with Crippen molar-refractivity contribution in [3.05, 3.63) is 29.8 Å². The first kappa shape index (κ1) is 14.8. The zero-order chi connectivity index (χ0) is 14.4. The Morgan fingerprint density at radius 2 is 1.74 bits per heavy atom. The smallest absolute Gasteiger partial charge is 0.340 e. The Morgan fingerprint density at radius 3 is 2.26 bits per heavy atom. The molecule has 19 heavy (non-hydrogen) atoms. The number of carbonyl (C=O) groups is 3. The fraction of sp³-hybridized carbons (Fsp3) is 0.286. The Hall–Kier alpha value is -2.30. The van der Waals surface area contributed by atoms with Crippen molar-refractivity contribution in [1.82, 2.24) is 0 Å². The summed E-state index contributed by atoms with van der Waals surface area (Å²) in [5.74, 6) is -1.97. The highest BCUT2D eigenvalue weighted by atomic mass is 16.5. The van der Waals surface area contributed by atoms with Gasteiger partial charge in [0, 0.05) is 6.21 Å². The van der Waals surface area contributed by atoms with E-state index in [1.165, 1.54) is 27.2 Å². The van der Waals surface area contributed by atoms with E-state index in [1.54, 1.807) is 24.3 Å². The van der Waals surface area contributed by atoms with E-state index in [4.69, 9.17) is 0 Å². The third kappa shape index (κ3) is 3.84. The van der Waals surface area contributed by atoms with Gasteiger partial charge in [0.1, 0.15) is 17.5 Å². The van der Waals surface area contributed by atoms with Gasteiger partial charge in [-0.05, 0) is 26.0 Å². The Bertz CT molecular complexity index is 520. The van der Waals surface area contributed by atoms with E-state index in [0.717, 1.165) is 0 Å². The molecule has 0 saturated carbocycles. The van der Waals surface area contributed by atoms with Crippen LogP contribution in [0.5, 0.6) is 0 Å². The molecule has 0 aliphatic rings. The number of para-hydroxylation sites is 1. The van der Waals surface area contributed by atoms with Crippen LogP contribution in [0.4, 0.5) is 5.69 Å². The molecule has 0 unspecified atom stereocenters. The van der Waals surface area contributed by atoms with Gasteiger partial charge in [0.2, 0.25) is 0 Å². The number of rotatable bonds is 5. The lowest BCUT2D eigenvalue weighted by Crippen LogP contribution is -2.20. The minimum Gasteiger partial charge on any atom is -0.465 e. The highest BCUT2D eigenvalue weighted by Crippen LogP contribution is 2.19. The number of hydrogen-bond acceptors (Lipinski definition) is 5. The van der Waals surface area contributed by atoms with Crippen LogP contribution in [0.15, 0.2) is 29.3 Å². The number of nitrogens with zero attached hydrogens (tertiary/aromatic N) is 1. The maximum atomic E-state index is 11.5. The quantitative estimate of drug-likeness (QED) is 0.461. The topological polar surface area (TPSA) is 72.8 Å². The lowest BCUT2D eigenvalue weighted by Gasteiger charge is -2.05. The van der Waals surface area contributed by atoms with Gasteiger partial charge in [-0.1, -0.05) is 12.1 Å². The Labute approximate surface area is 111 Å². The van der Waals surface area contributed by atoms with Gasteiger partial charge < -0.3 is 4.74 Å². The number of Topliss-reactive ketones (excluding diaryl/α,β-unsaturated/α-hetero) is 2. The number of ketones is 2. The van der Waals surface area contributed by atoms with Crippen LogP contribution >= 0.6 is 0 Å². The van der Waals surface area contributed by atoms with Gasteiger partial charge in [0.25, 0.3) is 0 Å². The molecule has 0 amide bonds.